The summed E-state index contributed by atoms with van der Waals surface area (Å²) in [6, 6.07) is 0.293. The van der Waals surface area contributed by atoms with Crippen LogP contribution in [0, 0.1) is 0 Å². The molecule has 0 amide bonds. The summed E-state index contributed by atoms with van der Waals surface area (Å²) in [5, 5.41) is 8.58. The lowest BCUT2D eigenvalue weighted by Gasteiger charge is -2.22. The highest BCUT2D eigenvalue weighted by Gasteiger charge is 2.29. The van der Waals surface area contributed by atoms with Crippen molar-refractivity contribution < 1.29 is 4.74 Å². The van der Waals surface area contributed by atoms with Crippen molar-refractivity contribution in [3.05, 3.63) is 11.1 Å². The Morgan fingerprint density at radius 1 is 1.40 bits per heavy atom. The number of ether oxygens (including phenoxy) is 1. The number of hydrogen-bond donors (Lipinski definition) is 0. The molecule has 0 spiro atoms. The molecule has 1 aliphatic rings. The van der Waals surface area contributed by atoms with E-state index >= 15 is 0 Å². The standard InChI is InChI=1S/C10H16ClN3O/c1-10(2,3)8-12-13-9(11)14(8)7-4-5-15-6-7/h7H,4-6H2,1-3H3. The van der Waals surface area contributed by atoms with Gasteiger partial charge >= 0.3 is 0 Å². The number of rotatable bonds is 1. The maximum Gasteiger partial charge on any atom is 0.225 e. The zero-order chi connectivity index (χ0) is 11.1. The zero-order valence-electron chi connectivity index (χ0n) is 9.33. The van der Waals surface area contributed by atoms with Crippen molar-refractivity contribution in [2.24, 2.45) is 0 Å². The molecular formula is C10H16ClN3O. The van der Waals surface area contributed by atoms with Crippen molar-refractivity contribution in [3.8, 4) is 0 Å². The van der Waals surface area contributed by atoms with E-state index in [4.69, 9.17) is 16.3 Å². The molecule has 1 aromatic heterocycles. The van der Waals surface area contributed by atoms with E-state index in [1.807, 2.05) is 4.57 Å². The van der Waals surface area contributed by atoms with E-state index in [-0.39, 0.29) is 5.41 Å². The van der Waals surface area contributed by atoms with E-state index in [2.05, 4.69) is 31.0 Å². The molecule has 0 N–H and O–H groups in total. The topological polar surface area (TPSA) is 39.9 Å². The molecule has 84 valence electrons. The molecule has 0 aromatic carbocycles. The second kappa shape index (κ2) is 3.76. The lowest BCUT2D eigenvalue weighted by atomic mass is 9.95. The van der Waals surface area contributed by atoms with Gasteiger partial charge in [-0.2, -0.15) is 0 Å². The number of hydrogen-bond acceptors (Lipinski definition) is 3. The number of nitrogens with zero attached hydrogens (tertiary/aromatic N) is 3. The molecule has 1 aromatic rings. The first kappa shape index (κ1) is 10.9. The molecule has 1 aliphatic heterocycles. The highest BCUT2D eigenvalue weighted by molar-refractivity contribution is 6.28. The summed E-state index contributed by atoms with van der Waals surface area (Å²) in [5.74, 6) is 0.933. The minimum absolute atomic E-state index is 0.0390. The molecule has 5 heteroatoms. The summed E-state index contributed by atoms with van der Waals surface area (Å²) in [6.45, 7) is 7.84. The molecule has 1 fully saturated rings. The fourth-order valence-electron chi connectivity index (χ4n) is 1.83. The molecule has 4 nitrogen and oxygen atoms in total. The summed E-state index contributed by atoms with van der Waals surface area (Å²) in [6.07, 6.45) is 0.987. The number of aromatic nitrogens is 3. The van der Waals surface area contributed by atoms with Crippen LogP contribution in [-0.4, -0.2) is 28.0 Å². The normalized spacial score (nSPS) is 22.3. The third kappa shape index (κ3) is 2.01. The Morgan fingerprint density at radius 3 is 2.67 bits per heavy atom. The van der Waals surface area contributed by atoms with Crippen molar-refractivity contribution >= 4 is 11.6 Å². The molecule has 1 saturated heterocycles. The van der Waals surface area contributed by atoms with E-state index in [9.17, 15) is 0 Å². The third-order valence-electron chi connectivity index (χ3n) is 2.60. The Morgan fingerprint density at radius 2 is 2.13 bits per heavy atom. The van der Waals surface area contributed by atoms with Gasteiger partial charge in [0, 0.05) is 12.0 Å². The lowest BCUT2D eigenvalue weighted by molar-refractivity contribution is 0.185. The largest absolute Gasteiger partial charge is 0.379 e. The Bertz CT molecular complexity index is 350. The SMILES string of the molecule is CC(C)(C)c1nnc(Cl)n1C1CCOC1. The zero-order valence-corrected chi connectivity index (χ0v) is 10.1. The van der Waals surface area contributed by atoms with Crippen LogP contribution >= 0.6 is 11.6 Å². The molecule has 0 bridgehead atoms. The molecule has 2 heterocycles. The molecular weight excluding hydrogens is 214 g/mol. The van der Waals surface area contributed by atoms with E-state index in [1.165, 1.54) is 0 Å². The molecule has 15 heavy (non-hydrogen) atoms. The Labute approximate surface area is 94.6 Å². The lowest BCUT2D eigenvalue weighted by Crippen LogP contribution is -2.22. The first-order chi connectivity index (χ1) is 7.00. The van der Waals surface area contributed by atoms with Crippen LogP contribution in [0.5, 0.6) is 0 Å². The molecule has 0 aliphatic carbocycles. The van der Waals surface area contributed by atoms with Crippen molar-refractivity contribution in [2.45, 2.75) is 38.6 Å². The van der Waals surface area contributed by atoms with E-state index < -0.39 is 0 Å². The maximum absolute atomic E-state index is 6.06. The molecule has 0 radical (unpaired) electrons. The number of halogens is 1. The van der Waals surface area contributed by atoms with Gasteiger partial charge in [0.05, 0.1) is 12.6 Å². The summed E-state index contributed by atoms with van der Waals surface area (Å²) >= 11 is 6.06. The molecule has 0 saturated carbocycles. The first-order valence-corrected chi connectivity index (χ1v) is 5.56. The minimum atomic E-state index is -0.0390. The Balaban J connectivity index is 2.39. The van der Waals surface area contributed by atoms with Gasteiger partial charge in [0.25, 0.3) is 0 Å². The third-order valence-corrected chi connectivity index (χ3v) is 2.85. The molecule has 1 atom stereocenters. The predicted octanol–water partition coefficient (Wildman–Crippen LogP) is 2.19. The Kier molecular flexibility index (Phi) is 2.73. The average molecular weight is 230 g/mol. The van der Waals surface area contributed by atoms with Crippen LogP contribution in [0.4, 0.5) is 0 Å². The maximum atomic E-state index is 6.06. The van der Waals surface area contributed by atoms with Crippen LogP contribution in [0.15, 0.2) is 0 Å². The highest BCUT2D eigenvalue weighted by Crippen LogP contribution is 2.29. The summed E-state index contributed by atoms with van der Waals surface area (Å²) in [5.41, 5.74) is -0.0390. The van der Waals surface area contributed by atoms with Crippen molar-refractivity contribution in [2.75, 3.05) is 13.2 Å². The van der Waals surface area contributed by atoms with Gasteiger partial charge in [0.2, 0.25) is 5.28 Å². The van der Waals surface area contributed by atoms with E-state index in [0.717, 1.165) is 18.9 Å². The van der Waals surface area contributed by atoms with Crippen LogP contribution in [0.1, 0.15) is 39.1 Å². The van der Waals surface area contributed by atoms with Crippen LogP contribution in [0.2, 0.25) is 5.28 Å². The van der Waals surface area contributed by atoms with Gasteiger partial charge in [0.15, 0.2) is 0 Å². The monoisotopic (exact) mass is 229 g/mol. The van der Waals surface area contributed by atoms with Gasteiger partial charge in [-0.3, -0.25) is 4.57 Å². The van der Waals surface area contributed by atoms with Gasteiger partial charge < -0.3 is 4.74 Å². The highest BCUT2D eigenvalue weighted by atomic mass is 35.5. The van der Waals surface area contributed by atoms with Crippen LogP contribution in [0.25, 0.3) is 0 Å². The van der Waals surface area contributed by atoms with Crippen molar-refractivity contribution in [3.63, 3.8) is 0 Å². The summed E-state index contributed by atoms with van der Waals surface area (Å²) in [4.78, 5) is 0. The average Bonchev–Trinajstić information content (AvgIpc) is 2.69. The van der Waals surface area contributed by atoms with Crippen LogP contribution in [0.3, 0.4) is 0 Å². The Hall–Kier alpha value is -0.610. The fraction of sp³-hybridized carbons (Fsp3) is 0.800. The van der Waals surface area contributed by atoms with Crippen molar-refractivity contribution in [1.29, 1.82) is 0 Å². The quantitative estimate of drug-likeness (QED) is 0.741. The van der Waals surface area contributed by atoms with Gasteiger partial charge in [-0.25, -0.2) is 0 Å². The summed E-state index contributed by atoms with van der Waals surface area (Å²) < 4.78 is 7.38. The summed E-state index contributed by atoms with van der Waals surface area (Å²) in [7, 11) is 0. The van der Waals surface area contributed by atoms with Gasteiger partial charge in [-0.15, -0.1) is 10.2 Å². The molecule has 1 unspecified atom stereocenters. The van der Waals surface area contributed by atoms with E-state index in [1.54, 1.807) is 0 Å². The van der Waals surface area contributed by atoms with Gasteiger partial charge in [-0.05, 0) is 18.0 Å². The van der Waals surface area contributed by atoms with Crippen LogP contribution in [-0.2, 0) is 10.2 Å². The second-order valence-electron chi connectivity index (χ2n) is 4.93. The second-order valence-corrected chi connectivity index (χ2v) is 5.27. The molecule has 2 rings (SSSR count). The fourth-order valence-corrected chi connectivity index (χ4v) is 2.09. The van der Waals surface area contributed by atoms with Gasteiger partial charge in [-0.1, -0.05) is 20.8 Å². The van der Waals surface area contributed by atoms with Crippen molar-refractivity contribution in [1.82, 2.24) is 14.8 Å². The van der Waals surface area contributed by atoms with Crippen LogP contribution < -0.4 is 0 Å². The van der Waals surface area contributed by atoms with Gasteiger partial charge in [0.1, 0.15) is 5.82 Å². The first-order valence-electron chi connectivity index (χ1n) is 5.19. The smallest absolute Gasteiger partial charge is 0.225 e. The van der Waals surface area contributed by atoms with E-state index in [0.29, 0.717) is 17.9 Å². The minimum Gasteiger partial charge on any atom is -0.379 e. The predicted molar refractivity (Wildman–Crippen MR) is 58.2 cm³/mol.